The number of imide groups is 1. The number of aromatic nitrogens is 2. The number of hydrogen-bond acceptors (Lipinski definition) is 3. The van der Waals surface area contributed by atoms with Gasteiger partial charge in [-0.15, -0.1) is 0 Å². The number of alkyl halides is 3. The number of nitrogens with zero attached hydrogens (tertiary/aromatic N) is 3. The van der Waals surface area contributed by atoms with Crippen LogP contribution in [0.3, 0.4) is 0 Å². The molecule has 0 spiro atoms. The summed E-state index contributed by atoms with van der Waals surface area (Å²) in [6.45, 7) is 1.73. The van der Waals surface area contributed by atoms with Gasteiger partial charge in [0.25, 0.3) is 11.8 Å². The minimum absolute atomic E-state index is 0.0209. The number of hydrogen-bond donors (Lipinski definition) is 0. The molecule has 0 radical (unpaired) electrons. The monoisotopic (exact) mass is 395 g/mol. The number of halogens is 4. The van der Waals surface area contributed by atoms with Crippen LogP contribution in [0.5, 0.6) is 0 Å². The van der Waals surface area contributed by atoms with Crippen LogP contribution >= 0.6 is 0 Å². The van der Waals surface area contributed by atoms with E-state index in [0.29, 0.717) is 30.4 Å². The second-order valence-corrected chi connectivity index (χ2v) is 6.99. The Labute approximate surface area is 157 Å². The zero-order chi connectivity index (χ0) is 20.2. The maximum Gasteiger partial charge on any atom is 0.449 e. The highest BCUT2D eigenvalue weighted by atomic mass is 19.4. The molecule has 1 aromatic heterocycles. The molecule has 28 heavy (non-hydrogen) atoms. The van der Waals surface area contributed by atoms with Gasteiger partial charge in [0.1, 0.15) is 5.82 Å². The third-order valence-electron chi connectivity index (χ3n) is 5.15. The molecule has 0 saturated carbocycles. The first-order valence-corrected chi connectivity index (χ1v) is 9.11. The van der Waals surface area contributed by atoms with Crippen LogP contribution in [-0.4, -0.2) is 21.4 Å². The van der Waals surface area contributed by atoms with E-state index in [2.05, 4.69) is 4.98 Å². The molecule has 0 saturated heterocycles. The maximum atomic E-state index is 14.7. The zero-order valence-corrected chi connectivity index (χ0v) is 15.1. The fourth-order valence-corrected chi connectivity index (χ4v) is 3.93. The third kappa shape index (κ3) is 2.71. The van der Waals surface area contributed by atoms with Crippen LogP contribution in [0.1, 0.15) is 44.9 Å². The van der Waals surface area contributed by atoms with Crippen molar-refractivity contribution in [2.75, 3.05) is 4.90 Å². The van der Waals surface area contributed by atoms with Crippen LogP contribution in [-0.2, 0) is 22.3 Å². The Hall–Kier alpha value is -2.71. The van der Waals surface area contributed by atoms with Gasteiger partial charge in [0.05, 0.1) is 16.7 Å². The summed E-state index contributed by atoms with van der Waals surface area (Å²) >= 11 is 0. The zero-order valence-electron chi connectivity index (χ0n) is 15.1. The minimum Gasteiger partial charge on any atom is -0.320 e. The van der Waals surface area contributed by atoms with Crippen molar-refractivity contribution >= 4 is 28.5 Å². The van der Waals surface area contributed by atoms with E-state index in [1.54, 1.807) is 6.92 Å². The number of imidazole rings is 1. The second kappa shape index (κ2) is 6.42. The fourth-order valence-electron chi connectivity index (χ4n) is 3.93. The summed E-state index contributed by atoms with van der Waals surface area (Å²) in [6, 6.07) is 1.97. The van der Waals surface area contributed by atoms with Gasteiger partial charge in [0.2, 0.25) is 5.82 Å². The van der Waals surface area contributed by atoms with Crippen LogP contribution < -0.4 is 4.90 Å². The highest BCUT2D eigenvalue weighted by Crippen LogP contribution is 2.39. The van der Waals surface area contributed by atoms with Crippen molar-refractivity contribution in [2.24, 2.45) is 0 Å². The molecule has 0 N–H and O–H groups in total. The maximum absolute atomic E-state index is 14.7. The first-order chi connectivity index (χ1) is 13.2. The molecule has 0 bridgehead atoms. The van der Waals surface area contributed by atoms with E-state index in [1.165, 1.54) is 0 Å². The fraction of sp³-hybridized carbons (Fsp3) is 0.421. The molecule has 5 nitrogen and oxygen atoms in total. The molecule has 4 rings (SSSR count). The van der Waals surface area contributed by atoms with E-state index in [0.717, 1.165) is 34.4 Å². The highest BCUT2D eigenvalue weighted by molar-refractivity contribution is 6.33. The Kier molecular flexibility index (Phi) is 4.28. The Morgan fingerprint density at radius 1 is 1.07 bits per heavy atom. The molecule has 2 heterocycles. The number of aryl methyl sites for hydroxylation is 1. The van der Waals surface area contributed by atoms with E-state index < -0.39 is 29.6 Å². The summed E-state index contributed by atoms with van der Waals surface area (Å²) in [5.74, 6) is -3.26. The van der Waals surface area contributed by atoms with E-state index in [-0.39, 0.29) is 23.3 Å². The van der Waals surface area contributed by atoms with E-state index in [4.69, 9.17) is 0 Å². The van der Waals surface area contributed by atoms with Gasteiger partial charge in [-0.25, -0.2) is 14.3 Å². The molecule has 2 amide bonds. The van der Waals surface area contributed by atoms with Crippen molar-refractivity contribution in [1.82, 2.24) is 9.55 Å². The van der Waals surface area contributed by atoms with E-state index >= 15 is 0 Å². The second-order valence-electron chi connectivity index (χ2n) is 6.99. The third-order valence-corrected chi connectivity index (χ3v) is 5.15. The molecule has 2 aliphatic rings. The number of anilines is 1. The standard InChI is InChI=1S/C19H17F4N3O2/c1-2-7-25-15-9-14(12(20)8-13(15)24-18(25)19(21,22)23)26-16(27)10-5-3-4-6-11(10)17(26)28/h8-9H,2-7H2,1H3. The number of fused-ring (bicyclic) bond motifs is 1. The summed E-state index contributed by atoms with van der Waals surface area (Å²) < 4.78 is 55.7. The molecule has 2 aromatic rings. The SMILES string of the molecule is CCCn1c(C(F)(F)F)nc2cc(F)c(N3C(=O)C4=C(CCCC4)C3=O)cc21. The van der Waals surface area contributed by atoms with Crippen molar-refractivity contribution in [3.63, 3.8) is 0 Å². The molecule has 148 valence electrons. The first-order valence-electron chi connectivity index (χ1n) is 9.11. The van der Waals surface area contributed by atoms with Crippen LogP contribution in [0.25, 0.3) is 11.0 Å². The predicted octanol–water partition coefficient (Wildman–Crippen LogP) is 4.35. The quantitative estimate of drug-likeness (QED) is 0.574. The molecule has 0 unspecified atom stereocenters. The summed E-state index contributed by atoms with van der Waals surface area (Å²) in [7, 11) is 0. The van der Waals surface area contributed by atoms with Crippen molar-refractivity contribution < 1.29 is 27.2 Å². The lowest BCUT2D eigenvalue weighted by molar-refractivity contribution is -0.147. The summed E-state index contributed by atoms with van der Waals surface area (Å²) in [6.07, 6.45) is -1.86. The van der Waals surface area contributed by atoms with Gasteiger partial charge in [-0.2, -0.15) is 13.2 Å². The Bertz CT molecular complexity index is 1010. The lowest BCUT2D eigenvalue weighted by atomic mass is 9.93. The summed E-state index contributed by atoms with van der Waals surface area (Å²) in [5.41, 5.74) is 0.306. The Morgan fingerprint density at radius 3 is 2.21 bits per heavy atom. The normalized spacial score (nSPS) is 17.8. The topological polar surface area (TPSA) is 55.2 Å². The molecule has 0 fully saturated rings. The summed E-state index contributed by atoms with van der Waals surface area (Å²) in [4.78, 5) is 29.7. The highest BCUT2D eigenvalue weighted by Gasteiger charge is 2.42. The number of amides is 2. The van der Waals surface area contributed by atoms with E-state index in [9.17, 15) is 27.2 Å². The molecule has 9 heteroatoms. The first kappa shape index (κ1) is 18.6. The molecular formula is C19H17F4N3O2. The lowest BCUT2D eigenvalue weighted by Gasteiger charge is -2.17. The Balaban J connectivity index is 1.87. The van der Waals surface area contributed by atoms with Gasteiger partial charge in [0, 0.05) is 23.8 Å². The number of benzene rings is 1. The van der Waals surface area contributed by atoms with Gasteiger partial charge in [-0.05, 0) is 38.2 Å². The van der Waals surface area contributed by atoms with Gasteiger partial charge in [-0.3, -0.25) is 9.59 Å². The molecule has 0 atom stereocenters. The molecule has 1 aliphatic heterocycles. The lowest BCUT2D eigenvalue weighted by Crippen LogP contribution is -2.32. The van der Waals surface area contributed by atoms with Crippen LogP contribution in [0.2, 0.25) is 0 Å². The van der Waals surface area contributed by atoms with Gasteiger partial charge < -0.3 is 4.57 Å². The number of carbonyl (C=O) groups excluding carboxylic acids is 2. The Morgan fingerprint density at radius 2 is 1.68 bits per heavy atom. The van der Waals surface area contributed by atoms with Gasteiger partial charge >= 0.3 is 6.18 Å². The van der Waals surface area contributed by atoms with Crippen molar-refractivity contribution in [2.45, 2.75) is 51.7 Å². The average Bonchev–Trinajstić information content (AvgIpc) is 3.11. The summed E-state index contributed by atoms with van der Waals surface area (Å²) in [5, 5.41) is 0. The molecule has 1 aliphatic carbocycles. The van der Waals surface area contributed by atoms with Crippen LogP contribution in [0.4, 0.5) is 23.2 Å². The van der Waals surface area contributed by atoms with Gasteiger partial charge in [-0.1, -0.05) is 6.92 Å². The van der Waals surface area contributed by atoms with Gasteiger partial charge in [0.15, 0.2) is 0 Å². The van der Waals surface area contributed by atoms with Crippen LogP contribution in [0.15, 0.2) is 23.3 Å². The number of rotatable bonds is 3. The van der Waals surface area contributed by atoms with Crippen molar-refractivity contribution in [3.8, 4) is 0 Å². The largest absolute Gasteiger partial charge is 0.449 e. The molecular weight excluding hydrogens is 378 g/mol. The number of carbonyl (C=O) groups is 2. The van der Waals surface area contributed by atoms with Crippen LogP contribution in [0, 0.1) is 5.82 Å². The average molecular weight is 395 g/mol. The predicted molar refractivity (Wildman–Crippen MR) is 93.0 cm³/mol. The molecule has 1 aromatic carbocycles. The minimum atomic E-state index is -4.70. The van der Waals surface area contributed by atoms with Crippen molar-refractivity contribution in [1.29, 1.82) is 0 Å². The van der Waals surface area contributed by atoms with Crippen molar-refractivity contribution in [3.05, 3.63) is 34.9 Å². The smallest absolute Gasteiger partial charge is 0.320 e. The van der Waals surface area contributed by atoms with E-state index in [1.807, 2.05) is 0 Å².